The van der Waals surface area contributed by atoms with E-state index in [2.05, 4.69) is 41.9 Å². The fourth-order valence-electron chi connectivity index (χ4n) is 5.49. The van der Waals surface area contributed by atoms with Gasteiger partial charge >= 0.3 is 11.4 Å². The quantitative estimate of drug-likeness (QED) is 0.0526. The molecule has 0 spiro atoms. The highest BCUT2D eigenvalue weighted by atomic mass is 16.2. The van der Waals surface area contributed by atoms with E-state index in [1.165, 1.54) is 75.4 Å². The maximum Gasteiger partial charge on any atom is 0.328 e. The third-order valence-electron chi connectivity index (χ3n) is 9.56. The van der Waals surface area contributed by atoms with Crippen LogP contribution >= 0.6 is 0 Å². The van der Waals surface area contributed by atoms with Gasteiger partial charge in [-0.2, -0.15) is 0 Å². The molecule has 0 saturated heterocycles. The Bertz CT molecular complexity index is 2280. The highest BCUT2D eigenvalue weighted by molar-refractivity contribution is 6.00. The molecule has 0 fully saturated rings. The zero-order valence-electron chi connectivity index (χ0n) is 36.7. The largest absolute Gasteiger partial charge is 0.368 e. The summed E-state index contributed by atoms with van der Waals surface area (Å²) in [5.74, 6) is -6.28. The molecule has 0 aliphatic rings. The molecule has 0 aliphatic heterocycles. The van der Waals surface area contributed by atoms with Gasteiger partial charge in [0.25, 0.3) is 11.1 Å². The van der Waals surface area contributed by atoms with Crippen LogP contribution in [0.3, 0.4) is 0 Å². The van der Waals surface area contributed by atoms with Crippen LogP contribution in [-0.2, 0) is 46.7 Å². The fraction of sp³-hybridized carbons (Fsp3) is 0.605. The van der Waals surface area contributed by atoms with Gasteiger partial charge in [0, 0.05) is 23.5 Å². The molecule has 2 aromatic heterocycles. The van der Waals surface area contributed by atoms with Crippen molar-refractivity contribution in [1.29, 1.82) is 0 Å². The number of aromatic nitrogens is 4. The minimum absolute atomic E-state index is 0.0909. The van der Waals surface area contributed by atoms with E-state index in [9.17, 15) is 52.7 Å². The molecular formula is C38H61N13O11. The number of rotatable bonds is 21. The number of hydrogen-bond donors (Lipinski definition) is 11. The number of nitrogens with one attached hydrogen (secondary N) is 8. The van der Waals surface area contributed by atoms with E-state index >= 15 is 0 Å². The van der Waals surface area contributed by atoms with Crippen LogP contribution in [0.5, 0.6) is 0 Å². The summed E-state index contributed by atoms with van der Waals surface area (Å²) in [7, 11) is 0. The van der Waals surface area contributed by atoms with Gasteiger partial charge in [0.1, 0.15) is 34.7 Å². The molecule has 344 valence electrons. The first-order valence-electron chi connectivity index (χ1n) is 19.6. The van der Waals surface area contributed by atoms with Crippen LogP contribution in [0.25, 0.3) is 0 Å². The summed E-state index contributed by atoms with van der Waals surface area (Å²) >= 11 is 0. The Kier molecular flexibility index (Phi) is 17.0. The topological polar surface area (TPSA) is 379 Å². The Morgan fingerprint density at radius 3 is 1.35 bits per heavy atom. The summed E-state index contributed by atoms with van der Waals surface area (Å²) in [4.78, 5) is 147. The Morgan fingerprint density at radius 2 is 0.968 bits per heavy atom. The van der Waals surface area contributed by atoms with E-state index in [0.29, 0.717) is 19.4 Å². The van der Waals surface area contributed by atoms with Crippen LogP contribution in [0, 0.1) is 13.8 Å². The number of nitrogens with zero attached hydrogens (tertiary/aromatic N) is 2. The van der Waals surface area contributed by atoms with E-state index in [1.807, 2.05) is 0 Å². The van der Waals surface area contributed by atoms with Crippen molar-refractivity contribution in [2.45, 2.75) is 142 Å². The van der Waals surface area contributed by atoms with Crippen LogP contribution < -0.4 is 71.6 Å². The lowest BCUT2D eigenvalue weighted by Gasteiger charge is -2.34. The second kappa shape index (κ2) is 20.4. The zero-order valence-corrected chi connectivity index (χ0v) is 36.7. The number of aromatic amines is 2. The minimum atomic E-state index is -1.87. The number of nitrogens with two attached hydrogens (primary N) is 3. The Labute approximate surface area is 356 Å². The highest BCUT2D eigenvalue weighted by Gasteiger charge is 2.41. The zero-order chi connectivity index (χ0) is 47.7. The van der Waals surface area contributed by atoms with Gasteiger partial charge in [0.15, 0.2) is 0 Å². The summed E-state index contributed by atoms with van der Waals surface area (Å²) in [5.41, 5.74) is 7.07. The van der Waals surface area contributed by atoms with Crippen molar-refractivity contribution in [1.82, 2.24) is 51.0 Å². The summed E-state index contributed by atoms with van der Waals surface area (Å²) in [6, 6.07) is -4.25. The first-order valence-corrected chi connectivity index (χ1v) is 19.6. The number of aryl methyl sites for hydroxylation is 2. The van der Waals surface area contributed by atoms with Crippen LogP contribution in [0.15, 0.2) is 31.6 Å². The standard InChI is InChI=1S/C38H61N13O11/c1-19-15-50(33(61)45-25(19)53)17-22(43-29(57)35(3,4)41)27(55)48-38(9,10)32(60)49-37(7,8)31(59)44-23(18-51-16-20(2)26(54)46-34(51)62)28(56)47-36(5,6)30(58)42-21(24(40)52)13-11-12-14-39/h15-16,21-23H,11-14,17-18,39,41H2,1-10H3,(H2,40,52)(H,42,58)(H,43,57)(H,44,59)(H,47,56)(H,48,55)(H,49,60)(H,45,53,61)(H,46,54,62)/t21-,22-,23-/m0/s1. The van der Waals surface area contributed by atoms with Crippen LogP contribution in [0.4, 0.5) is 0 Å². The number of hydrogen-bond acceptors (Lipinski definition) is 13. The number of primary amides is 1. The van der Waals surface area contributed by atoms with E-state index in [-0.39, 0.29) is 17.5 Å². The summed E-state index contributed by atoms with van der Waals surface area (Å²) in [6.45, 7) is 12.6. The normalized spacial score (nSPS) is 13.5. The summed E-state index contributed by atoms with van der Waals surface area (Å²) in [5, 5.41) is 14.9. The van der Waals surface area contributed by atoms with Crippen molar-refractivity contribution in [2.24, 2.45) is 17.2 Å². The molecule has 2 heterocycles. The first-order chi connectivity index (χ1) is 28.3. The predicted molar refractivity (Wildman–Crippen MR) is 225 cm³/mol. The van der Waals surface area contributed by atoms with Gasteiger partial charge in [-0.3, -0.25) is 62.3 Å². The summed E-state index contributed by atoms with van der Waals surface area (Å²) < 4.78 is 1.93. The molecule has 0 saturated carbocycles. The van der Waals surface area contributed by atoms with E-state index in [1.54, 1.807) is 0 Å². The number of amides is 7. The second-order valence-corrected chi connectivity index (χ2v) is 17.2. The number of unbranched alkanes of at least 4 members (excludes halogenated alkanes) is 1. The van der Waals surface area contributed by atoms with Gasteiger partial charge in [-0.1, -0.05) is 0 Å². The van der Waals surface area contributed by atoms with Crippen molar-refractivity contribution >= 4 is 41.4 Å². The molecule has 24 nitrogen and oxygen atoms in total. The molecule has 14 N–H and O–H groups in total. The maximum atomic E-state index is 13.9. The van der Waals surface area contributed by atoms with Crippen LogP contribution in [0.2, 0.25) is 0 Å². The Hall–Kier alpha value is -6.43. The summed E-state index contributed by atoms with van der Waals surface area (Å²) in [6.07, 6.45) is 3.55. The molecule has 24 heteroatoms. The average Bonchev–Trinajstić information content (AvgIpc) is 3.13. The van der Waals surface area contributed by atoms with Crippen LogP contribution in [0.1, 0.15) is 85.8 Å². The maximum absolute atomic E-state index is 13.9. The molecule has 3 atom stereocenters. The third-order valence-corrected chi connectivity index (χ3v) is 9.56. The smallest absolute Gasteiger partial charge is 0.328 e. The van der Waals surface area contributed by atoms with Crippen molar-refractivity contribution in [3.8, 4) is 0 Å². The lowest BCUT2D eigenvalue weighted by atomic mass is 9.97. The van der Waals surface area contributed by atoms with Crippen molar-refractivity contribution in [3.05, 3.63) is 65.2 Å². The molecule has 2 aromatic rings. The van der Waals surface area contributed by atoms with Gasteiger partial charge < -0.3 is 49.1 Å². The lowest BCUT2D eigenvalue weighted by Crippen LogP contribution is -2.67. The van der Waals surface area contributed by atoms with Gasteiger partial charge in [-0.25, -0.2) is 9.59 Å². The molecular weight excluding hydrogens is 814 g/mol. The number of carbonyl (C=O) groups excluding carboxylic acids is 7. The Morgan fingerprint density at radius 1 is 0.597 bits per heavy atom. The van der Waals surface area contributed by atoms with Crippen LogP contribution in [-0.4, -0.2) is 107 Å². The molecule has 0 aliphatic carbocycles. The minimum Gasteiger partial charge on any atom is -0.368 e. The van der Waals surface area contributed by atoms with Gasteiger partial charge in [0.05, 0.1) is 18.6 Å². The third kappa shape index (κ3) is 14.4. The van der Waals surface area contributed by atoms with Gasteiger partial charge in [0.2, 0.25) is 41.4 Å². The molecule has 0 radical (unpaired) electrons. The lowest BCUT2D eigenvalue weighted by molar-refractivity contribution is -0.140. The highest BCUT2D eigenvalue weighted by Crippen LogP contribution is 2.12. The van der Waals surface area contributed by atoms with E-state index in [0.717, 1.165) is 15.3 Å². The molecule has 0 bridgehead atoms. The molecule has 0 aromatic carbocycles. The number of carbonyl (C=O) groups is 7. The van der Waals surface area contributed by atoms with E-state index < -0.39 is 117 Å². The number of H-pyrrole nitrogens is 2. The van der Waals surface area contributed by atoms with Gasteiger partial charge in [-0.15, -0.1) is 0 Å². The average molecular weight is 876 g/mol. The van der Waals surface area contributed by atoms with Gasteiger partial charge in [-0.05, 0) is 95.0 Å². The fourth-order valence-corrected chi connectivity index (χ4v) is 5.49. The van der Waals surface area contributed by atoms with E-state index in [4.69, 9.17) is 17.2 Å². The molecule has 0 unspecified atom stereocenters. The van der Waals surface area contributed by atoms with Crippen molar-refractivity contribution < 1.29 is 33.6 Å². The predicted octanol–water partition coefficient (Wildman–Crippen LogP) is -4.81. The van der Waals surface area contributed by atoms with Crippen molar-refractivity contribution in [3.63, 3.8) is 0 Å². The molecule has 7 amide bonds. The van der Waals surface area contributed by atoms with Crippen molar-refractivity contribution in [2.75, 3.05) is 6.54 Å². The second-order valence-electron chi connectivity index (χ2n) is 17.2. The Balaban J connectivity index is 2.40. The first kappa shape index (κ1) is 51.7. The molecule has 2 rings (SSSR count). The SMILES string of the molecule is Cc1cn(C[C@H](NC(=O)C(C)(C)N)C(=O)NC(C)(C)C(=O)NC(C)(C)C(=O)N[C@@H](Cn2cc(C)c(=O)[nH]c2=O)C(=O)NC(C)(C)C(=O)N[C@@H](CCCCN)C(N)=O)c(=O)[nH]c1=O. The molecule has 62 heavy (non-hydrogen) atoms. The monoisotopic (exact) mass is 875 g/mol.